The minimum Gasteiger partial charge on any atom is -0.488 e. The summed E-state index contributed by atoms with van der Waals surface area (Å²) in [4.78, 5) is 24.4. The summed E-state index contributed by atoms with van der Waals surface area (Å²) >= 11 is 0. The molecule has 1 saturated carbocycles. The van der Waals surface area contributed by atoms with Crippen LogP contribution in [0.25, 0.3) is 10.9 Å². The third-order valence-corrected chi connectivity index (χ3v) is 9.83. The molecule has 2 aromatic carbocycles. The van der Waals surface area contributed by atoms with E-state index in [1.807, 2.05) is 13.0 Å². The van der Waals surface area contributed by atoms with Crippen molar-refractivity contribution in [1.82, 2.24) is 19.8 Å². The fraction of sp³-hybridized carbons (Fsp3) is 0.483. The summed E-state index contributed by atoms with van der Waals surface area (Å²) in [6.07, 6.45) is 5.15. The topological polar surface area (TPSA) is 109 Å². The van der Waals surface area contributed by atoms with Crippen LogP contribution in [-0.4, -0.2) is 88.0 Å². The molecule has 41 heavy (non-hydrogen) atoms. The molecule has 1 aliphatic carbocycles. The molecule has 5 rings (SSSR count). The van der Waals surface area contributed by atoms with Gasteiger partial charge in [-0.05, 0) is 62.4 Å². The molecule has 0 unspecified atom stereocenters. The van der Waals surface area contributed by atoms with E-state index in [9.17, 15) is 13.4 Å². The SMILES string of the molecule is COC1CCC(Oc2cc(F)ccc2Nc2ncnc3cc(N=S4(=O)CCN(C(=O)N(C)C)CC4)cc(C)c23)CC1. The molecule has 12 heteroatoms. The highest BCUT2D eigenvalue weighted by atomic mass is 32.2. The Labute approximate surface area is 240 Å². The Morgan fingerprint density at radius 3 is 2.49 bits per heavy atom. The number of aryl methyl sites for hydroxylation is 1. The van der Waals surface area contributed by atoms with Crippen molar-refractivity contribution in [3.63, 3.8) is 0 Å². The molecule has 220 valence electrons. The number of hydrogen-bond acceptors (Lipinski definition) is 8. The van der Waals surface area contributed by atoms with Gasteiger partial charge in [0.2, 0.25) is 0 Å². The second-order valence-corrected chi connectivity index (χ2v) is 13.4. The summed E-state index contributed by atoms with van der Waals surface area (Å²) in [5.41, 5.74) is 2.69. The Morgan fingerprint density at radius 2 is 1.80 bits per heavy atom. The molecule has 1 N–H and O–H groups in total. The summed E-state index contributed by atoms with van der Waals surface area (Å²) in [5, 5.41) is 4.11. The van der Waals surface area contributed by atoms with Crippen LogP contribution in [0.5, 0.6) is 5.75 Å². The predicted octanol–water partition coefficient (Wildman–Crippen LogP) is 5.25. The number of urea groups is 1. The highest BCUT2D eigenvalue weighted by Gasteiger charge is 2.26. The van der Waals surface area contributed by atoms with Crippen molar-refractivity contribution in [2.75, 3.05) is 51.1 Å². The average Bonchev–Trinajstić information content (AvgIpc) is 2.94. The van der Waals surface area contributed by atoms with Crippen LogP contribution < -0.4 is 10.1 Å². The average molecular weight is 585 g/mol. The standard InChI is InChI=1S/C29H37FN6O4S/c1-19-15-21(34-41(38)13-11-36(12-14-41)29(37)35(2)3)17-25-27(19)28(32-18-31-25)33-24-10-5-20(30)16-26(24)40-23-8-6-22(39-4)7-9-23/h5,10,15-18,22-23H,6-9,11-14H2,1-4H3,(H,31,32,33). The molecule has 0 spiro atoms. The van der Waals surface area contributed by atoms with Crippen molar-refractivity contribution < 1.29 is 22.9 Å². The van der Waals surface area contributed by atoms with Gasteiger partial charge in [-0.1, -0.05) is 0 Å². The summed E-state index contributed by atoms with van der Waals surface area (Å²) < 4.78 is 44.1. The molecule has 2 fully saturated rings. The second kappa shape index (κ2) is 12.2. The zero-order valence-electron chi connectivity index (χ0n) is 23.9. The maximum Gasteiger partial charge on any atom is 0.319 e. The van der Waals surface area contributed by atoms with Gasteiger partial charge in [0.1, 0.15) is 23.7 Å². The minimum atomic E-state index is -2.51. The van der Waals surface area contributed by atoms with Gasteiger partial charge in [0.25, 0.3) is 0 Å². The van der Waals surface area contributed by atoms with E-state index < -0.39 is 9.73 Å². The normalized spacial score (nSPS) is 20.5. The van der Waals surface area contributed by atoms with Gasteiger partial charge in [-0.3, -0.25) is 0 Å². The molecule has 1 saturated heterocycles. The van der Waals surface area contributed by atoms with Gasteiger partial charge in [0, 0.05) is 57.3 Å². The molecular formula is C29H37FN6O4S. The van der Waals surface area contributed by atoms with Crippen LogP contribution in [0, 0.1) is 12.7 Å². The summed E-state index contributed by atoms with van der Waals surface area (Å²) in [6, 6.07) is 8.02. The quantitative estimate of drug-likeness (QED) is 0.421. The molecule has 0 atom stereocenters. The molecule has 0 radical (unpaired) electrons. The van der Waals surface area contributed by atoms with Crippen LogP contribution in [0.2, 0.25) is 0 Å². The predicted molar refractivity (Wildman–Crippen MR) is 158 cm³/mol. The number of anilines is 2. The van der Waals surface area contributed by atoms with Gasteiger partial charge in [-0.25, -0.2) is 23.4 Å². The number of nitrogens with one attached hydrogen (secondary N) is 1. The van der Waals surface area contributed by atoms with Gasteiger partial charge >= 0.3 is 6.03 Å². The van der Waals surface area contributed by atoms with Gasteiger partial charge < -0.3 is 24.6 Å². The lowest BCUT2D eigenvalue weighted by molar-refractivity contribution is 0.0329. The van der Waals surface area contributed by atoms with Crippen LogP contribution in [0.15, 0.2) is 41.0 Å². The number of hydrogen-bond donors (Lipinski definition) is 1. The largest absolute Gasteiger partial charge is 0.488 e. The molecule has 2 heterocycles. The van der Waals surface area contributed by atoms with Gasteiger partial charge in [-0.2, -0.15) is 4.36 Å². The number of nitrogens with zero attached hydrogens (tertiary/aromatic N) is 5. The van der Waals surface area contributed by atoms with E-state index in [-0.39, 0.29) is 24.1 Å². The number of amides is 2. The minimum absolute atomic E-state index is 0.0217. The van der Waals surface area contributed by atoms with Crippen molar-refractivity contribution in [2.24, 2.45) is 4.36 Å². The van der Waals surface area contributed by atoms with Gasteiger partial charge in [-0.15, -0.1) is 0 Å². The van der Waals surface area contributed by atoms with Crippen molar-refractivity contribution in [3.05, 3.63) is 48.0 Å². The number of carbonyl (C=O) groups excluding carboxylic acids is 1. The van der Waals surface area contributed by atoms with Crippen molar-refractivity contribution in [3.8, 4) is 5.75 Å². The summed E-state index contributed by atoms with van der Waals surface area (Å²) in [7, 11) is 2.63. The van der Waals surface area contributed by atoms with Crippen molar-refractivity contribution in [2.45, 2.75) is 44.8 Å². The lowest BCUT2D eigenvalue weighted by atomic mass is 9.95. The number of aromatic nitrogens is 2. The number of fused-ring (bicyclic) bond motifs is 1. The summed E-state index contributed by atoms with van der Waals surface area (Å²) in [6.45, 7) is 2.73. The van der Waals surface area contributed by atoms with E-state index >= 15 is 0 Å². The van der Waals surface area contributed by atoms with Crippen molar-refractivity contribution in [1.29, 1.82) is 0 Å². The monoisotopic (exact) mass is 584 g/mol. The van der Waals surface area contributed by atoms with E-state index in [1.54, 1.807) is 38.2 Å². The number of carbonyl (C=O) groups is 1. The smallest absolute Gasteiger partial charge is 0.319 e. The first-order valence-corrected chi connectivity index (χ1v) is 15.7. The van der Waals surface area contributed by atoms with E-state index in [4.69, 9.17) is 9.47 Å². The second-order valence-electron chi connectivity index (χ2n) is 10.8. The lowest BCUT2D eigenvalue weighted by Crippen LogP contribution is -2.47. The van der Waals surface area contributed by atoms with Crippen LogP contribution in [0.3, 0.4) is 0 Å². The van der Waals surface area contributed by atoms with Crippen molar-refractivity contribution >= 4 is 43.9 Å². The molecule has 1 aromatic heterocycles. The summed E-state index contributed by atoms with van der Waals surface area (Å²) in [5.74, 6) is 1.25. The fourth-order valence-corrected chi connectivity index (χ4v) is 7.28. The lowest BCUT2D eigenvalue weighted by Gasteiger charge is -2.30. The Kier molecular flexibility index (Phi) is 8.60. The third-order valence-electron chi connectivity index (χ3n) is 7.65. The molecule has 10 nitrogen and oxygen atoms in total. The highest BCUT2D eigenvalue weighted by Crippen LogP contribution is 2.35. The number of ether oxygens (including phenoxy) is 2. The van der Waals surface area contributed by atoms with Gasteiger partial charge in [0.15, 0.2) is 0 Å². The molecule has 3 aromatic rings. The third kappa shape index (κ3) is 6.70. The van der Waals surface area contributed by atoms with E-state index in [0.29, 0.717) is 53.1 Å². The van der Waals surface area contributed by atoms with E-state index in [2.05, 4.69) is 19.6 Å². The molecule has 0 bridgehead atoms. The first kappa shape index (κ1) is 29.0. The van der Waals surface area contributed by atoms with Gasteiger partial charge in [0.05, 0.1) is 38.8 Å². The zero-order valence-corrected chi connectivity index (χ0v) is 24.7. The zero-order chi connectivity index (χ0) is 29.1. The molecule has 2 amide bonds. The van der Waals surface area contributed by atoms with Crippen LogP contribution in [0.4, 0.5) is 26.4 Å². The van der Waals surface area contributed by atoms with E-state index in [0.717, 1.165) is 36.6 Å². The van der Waals surface area contributed by atoms with Crippen LogP contribution in [-0.2, 0) is 14.5 Å². The fourth-order valence-electron chi connectivity index (χ4n) is 5.39. The Bertz CT molecular complexity index is 1540. The maximum absolute atomic E-state index is 14.2. The molecular weight excluding hydrogens is 547 g/mol. The first-order valence-electron chi connectivity index (χ1n) is 13.8. The Morgan fingerprint density at radius 1 is 1.10 bits per heavy atom. The maximum atomic E-state index is 14.2. The molecule has 2 aliphatic rings. The first-order chi connectivity index (χ1) is 19.6. The number of rotatable bonds is 6. The number of halogens is 1. The number of methoxy groups -OCH3 is 1. The van der Waals surface area contributed by atoms with E-state index in [1.165, 1.54) is 23.4 Å². The van der Waals surface area contributed by atoms with Crippen LogP contribution >= 0.6 is 0 Å². The van der Waals surface area contributed by atoms with Crippen LogP contribution in [0.1, 0.15) is 31.2 Å². The number of benzene rings is 2. The Balaban J connectivity index is 1.38. The highest BCUT2D eigenvalue weighted by molar-refractivity contribution is 7.93. The molecule has 1 aliphatic heterocycles. The Hall–Kier alpha value is -3.51.